The molecule has 2 fully saturated rings. The summed E-state index contributed by atoms with van der Waals surface area (Å²) < 4.78 is 0.835. The van der Waals surface area contributed by atoms with Crippen LogP contribution in [0, 0.1) is 0 Å². The Morgan fingerprint density at radius 1 is 1.09 bits per heavy atom. The molecular formula is C15H16BrN5O. The lowest BCUT2D eigenvalue weighted by atomic mass is 9.97. The fourth-order valence-electron chi connectivity index (χ4n) is 3.76. The molecule has 0 aliphatic carbocycles. The second-order valence-electron chi connectivity index (χ2n) is 5.96. The van der Waals surface area contributed by atoms with E-state index < -0.39 is 0 Å². The van der Waals surface area contributed by atoms with Crippen molar-refractivity contribution in [2.45, 2.75) is 43.8 Å². The van der Waals surface area contributed by atoms with E-state index in [2.05, 4.69) is 36.0 Å². The third-order valence-electron chi connectivity index (χ3n) is 4.66. The van der Waals surface area contributed by atoms with Gasteiger partial charge in [0.05, 0.1) is 24.0 Å². The molecular weight excluding hydrogens is 346 g/mol. The molecule has 4 rings (SSSR count). The predicted molar refractivity (Wildman–Crippen MR) is 83.2 cm³/mol. The van der Waals surface area contributed by atoms with Crippen LogP contribution in [-0.4, -0.2) is 42.9 Å². The van der Waals surface area contributed by atoms with Gasteiger partial charge in [-0.25, -0.2) is 0 Å². The summed E-state index contributed by atoms with van der Waals surface area (Å²) in [5.41, 5.74) is 0.655. The smallest absolute Gasteiger partial charge is 0.255 e. The summed E-state index contributed by atoms with van der Waals surface area (Å²) in [4.78, 5) is 20.8. The van der Waals surface area contributed by atoms with Crippen LogP contribution in [0.1, 0.15) is 42.1 Å². The molecule has 6 nitrogen and oxygen atoms in total. The number of pyridine rings is 1. The van der Waals surface area contributed by atoms with E-state index in [1.165, 1.54) is 0 Å². The number of halogens is 1. The molecule has 4 heterocycles. The van der Waals surface area contributed by atoms with Crippen LogP contribution in [-0.2, 0) is 0 Å². The van der Waals surface area contributed by atoms with Gasteiger partial charge in [-0.3, -0.25) is 9.78 Å². The van der Waals surface area contributed by atoms with Crippen LogP contribution in [0.5, 0.6) is 0 Å². The van der Waals surface area contributed by atoms with E-state index in [9.17, 15) is 4.79 Å². The van der Waals surface area contributed by atoms with Gasteiger partial charge >= 0.3 is 0 Å². The average Bonchev–Trinajstić information content (AvgIpc) is 3.13. The zero-order valence-corrected chi connectivity index (χ0v) is 13.6. The Kier molecular flexibility index (Phi) is 3.44. The van der Waals surface area contributed by atoms with Crippen LogP contribution in [0.15, 0.2) is 35.3 Å². The first-order valence-electron chi connectivity index (χ1n) is 7.51. The van der Waals surface area contributed by atoms with Crippen LogP contribution in [0.4, 0.5) is 0 Å². The minimum atomic E-state index is 0.0909. The van der Waals surface area contributed by atoms with E-state index in [1.54, 1.807) is 29.6 Å². The van der Waals surface area contributed by atoms with Crippen molar-refractivity contribution in [1.82, 2.24) is 24.9 Å². The molecule has 2 aromatic heterocycles. The molecule has 1 amide bonds. The van der Waals surface area contributed by atoms with E-state index >= 15 is 0 Å². The number of hydrogen-bond acceptors (Lipinski definition) is 4. The molecule has 0 N–H and O–H groups in total. The van der Waals surface area contributed by atoms with Gasteiger partial charge in [0, 0.05) is 29.0 Å². The maximum Gasteiger partial charge on any atom is 0.255 e. The van der Waals surface area contributed by atoms with Crippen LogP contribution < -0.4 is 0 Å². The number of hydrogen-bond donors (Lipinski definition) is 0. The van der Waals surface area contributed by atoms with E-state index in [-0.39, 0.29) is 18.0 Å². The van der Waals surface area contributed by atoms with Gasteiger partial charge in [-0.15, -0.1) is 0 Å². The van der Waals surface area contributed by atoms with Crippen molar-refractivity contribution >= 4 is 21.8 Å². The van der Waals surface area contributed by atoms with Gasteiger partial charge in [0.1, 0.15) is 0 Å². The summed E-state index contributed by atoms with van der Waals surface area (Å²) in [5.74, 6) is 0.0909. The van der Waals surface area contributed by atoms with Crippen molar-refractivity contribution in [3.63, 3.8) is 0 Å². The lowest BCUT2D eigenvalue weighted by Gasteiger charge is -2.38. The summed E-state index contributed by atoms with van der Waals surface area (Å²) in [6.07, 6.45) is 10.8. The van der Waals surface area contributed by atoms with E-state index in [0.29, 0.717) is 11.6 Å². The molecule has 7 heteroatoms. The SMILES string of the molecule is O=C(c1cncc(Br)c1)N1C2CCC1CC(n1nccn1)C2. The molecule has 2 aliphatic heterocycles. The normalized spacial score (nSPS) is 27.1. The van der Waals surface area contributed by atoms with Gasteiger partial charge in [-0.05, 0) is 47.7 Å². The molecule has 0 saturated carbocycles. The molecule has 2 unspecified atom stereocenters. The van der Waals surface area contributed by atoms with Crippen LogP contribution in [0.3, 0.4) is 0 Å². The topological polar surface area (TPSA) is 63.9 Å². The Morgan fingerprint density at radius 3 is 2.41 bits per heavy atom. The first kappa shape index (κ1) is 13.9. The first-order valence-corrected chi connectivity index (χ1v) is 8.30. The minimum Gasteiger partial charge on any atom is -0.332 e. The lowest BCUT2D eigenvalue weighted by molar-refractivity contribution is 0.0511. The summed E-state index contributed by atoms with van der Waals surface area (Å²) >= 11 is 3.38. The highest BCUT2D eigenvalue weighted by molar-refractivity contribution is 9.10. The molecule has 2 saturated heterocycles. The van der Waals surface area contributed by atoms with Crippen molar-refractivity contribution in [2.75, 3.05) is 0 Å². The standard InChI is InChI=1S/C15H16BrN5O/c16-11-5-10(8-17-9-11)15(22)20-12-1-2-13(20)7-14(6-12)21-18-3-4-19-21/h3-5,8-9,12-14H,1-2,6-7H2. The molecule has 114 valence electrons. The first-order chi connectivity index (χ1) is 10.7. The monoisotopic (exact) mass is 361 g/mol. The third kappa shape index (κ3) is 2.33. The number of carbonyl (C=O) groups excluding carboxylic acids is 1. The van der Waals surface area contributed by atoms with Gasteiger partial charge in [0.15, 0.2) is 0 Å². The second-order valence-corrected chi connectivity index (χ2v) is 6.88. The summed E-state index contributed by atoms with van der Waals surface area (Å²) in [6.45, 7) is 0. The number of piperidine rings is 1. The Bertz CT molecular complexity index is 675. The highest BCUT2D eigenvalue weighted by Crippen LogP contribution is 2.41. The molecule has 0 spiro atoms. The molecule has 2 aliphatic rings. The zero-order chi connectivity index (χ0) is 15.1. The Labute approximate surface area is 136 Å². The van der Waals surface area contributed by atoms with Crippen molar-refractivity contribution in [2.24, 2.45) is 0 Å². The number of amides is 1. The largest absolute Gasteiger partial charge is 0.332 e. The van der Waals surface area contributed by atoms with Crippen molar-refractivity contribution in [3.8, 4) is 0 Å². The van der Waals surface area contributed by atoms with Crippen LogP contribution in [0.2, 0.25) is 0 Å². The quantitative estimate of drug-likeness (QED) is 0.823. The number of rotatable bonds is 2. The Morgan fingerprint density at radius 2 is 1.77 bits per heavy atom. The molecule has 2 aromatic rings. The third-order valence-corrected chi connectivity index (χ3v) is 5.09. The highest BCUT2D eigenvalue weighted by atomic mass is 79.9. The number of carbonyl (C=O) groups is 1. The summed E-state index contributed by atoms with van der Waals surface area (Å²) in [6, 6.07) is 2.70. The second kappa shape index (κ2) is 5.46. The molecule has 22 heavy (non-hydrogen) atoms. The average molecular weight is 362 g/mol. The van der Waals surface area contributed by atoms with E-state index in [1.807, 2.05) is 6.07 Å². The maximum atomic E-state index is 12.8. The highest BCUT2D eigenvalue weighted by Gasteiger charge is 2.44. The Balaban J connectivity index is 1.56. The molecule has 2 atom stereocenters. The lowest BCUT2D eigenvalue weighted by Crippen LogP contribution is -2.47. The fraction of sp³-hybridized carbons (Fsp3) is 0.467. The number of nitrogens with zero attached hydrogens (tertiary/aromatic N) is 5. The van der Waals surface area contributed by atoms with Crippen LogP contribution >= 0.6 is 15.9 Å². The van der Waals surface area contributed by atoms with Gasteiger partial charge in [0.2, 0.25) is 0 Å². The number of fused-ring (bicyclic) bond motifs is 2. The summed E-state index contributed by atoms with van der Waals surface area (Å²) in [7, 11) is 0. The van der Waals surface area contributed by atoms with Crippen LogP contribution in [0.25, 0.3) is 0 Å². The van der Waals surface area contributed by atoms with Crippen molar-refractivity contribution < 1.29 is 4.79 Å². The summed E-state index contributed by atoms with van der Waals surface area (Å²) in [5, 5.41) is 8.52. The fourth-order valence-corrected chi connectivity index (χ4v) is 4.13. The van der Waals surface area contributed by atoms with Gasteiger partial charge in [-0.1, -0.05) is 0 Å². The van der Waals surface area contributed by atoms with Gasteiger partial charge in [-0.2, -0.15) is 15.0 Å². The maximum absolute atomic E-state index is 12.8. The van der Waals surface area contributed by atoms with Crippen molar-refractivity contribution in [3.05, 3.63) is 40.9 Å². The number of aromatic nitrogens is 4. The van der Waals surface area contributed by atoms with Gasteiger partial charge in [0.25, 0.3) is 5.91 Å². The minimum absolute atomic E-state index is 0.0909. The predicted octanol–water partition coefficient (Wildman–Crippen LogP) is 2.44. The molecule has 2 bridgehead atoms. The van der Waals surface area contributed by atoms with E-state index in [4.69, 9.17) is 0 Å². The molecule has 0 aromatic carbocycles. The zero-order valence-electron chi connectivity index (χ0n) is 12.0. The Hall–Kier alpha value is -1.76. The van der Waals surface area contributed by atoms with Gasteiger partial charge < -0.3 is 4.90 Å². The van der Waals surface area contributed by atoms with E-state index in [0.717, 1.165) is 30.2 Å². The van der Waals surface area contributed by atoms with Crippen molar-refractivity contribution in [1.29, 1.82) is 0 Å². The molecule has 0 radical (unpaired) electrons.